The average molecular weight is 339 g/mol. The highest BCUT2D eigenvalue weighted by Crippen LogP contribution is 2.17. The molecular weight excluding hydrogens is 321 g/mol. The lowest BCUT2D eigenvalue weighted by Crippen LogP contribution is -2.11. The van der Waals surface area contributed by atoms with E-state index in [-0.39, 0.29) is 11.7 Å². The van der Waals surface area contributed by atoms with E-state index in [1.165, 1.54) is 29.8 Å². The van der Waals surface area contributed by atoms with E-state index in [9.17, 15) is 9.18 Å². The SMILES string of the molecule is Cc1ccc(-c2noc(CCCC(=O)Nc3ccc(F)cc3)n2)cc1. The number of rotatable bonds is 6. The van der Waals surface area contributed by atoms with Gasteiger partial charge < -0.3 is 9.84 Å². The van der Waals surface area contributed by atoms with Gasteiger partial charge in [-0.25, -0.2) is 4.39 Å². The van der Waals surface area contributed by atoms with Crippen LogP contribution in [0.25, 0.3) is 11.4 Å². The van der Waals surface area contributed by atoms with Gasteiger partial charge in [-0.05, 0) is 37.6 Å². The zero-order valence-electron chi connectivity index (χ0n) is 13.8. The van der Waals surface area contributed by atoms with Crippen LogP contribution in [0, 0.1) is 12.7 Å². The smallest absolute Gasteiger partial charge is 0.226 e. The van der Waals surface area contributed by atoms with E-state index in [0.717, 1.165) is 5.56 Å². The van der Waals surface area contributed by atoms with Crippen LogP contribution in [-0.2, 0) is 11.2 Å². The minimum atomic E-state index is -0.334. The fourth-order valence-electron chi connectivity index (χ4n) is 2.33. The first-order valence-corrected chi connectivity index (χ1v) is 8.05. The quantitative estimate of drug-likeness (QED) is 0.733. The van der Waals surface area contributed by atoms with Gasteiger partial charge in [-0.3, -0.25) is 4.79 Å². The number of halogens is 1. The molecular formula is C19H18FN3O2. The van der Waals surface area contributed by atoms with Crippen LogP contribution in [0.1, 0.15) is 24.3 Å². The molecule has 1 heterocycles. The molecule has 0 atom stereocenters. The number of carbonyl (C=O) groups is 1. The summed E-state index contributed by atoms with van der Waals surface area (Å²) in [7, 11) is 0. The Hall–Kier alpha value is -3.02. The summed E-state index contributed by atoms with van der Waals surface area (Å²) in [6, 6.07) is 13.5. The van der Waals surface area contributed by atoms with Crippen molar-refractivity contribution in [2.75, 3.05) is 5.32 Å². The highest BCUT2D eigenvalue weighted by molar-refractivity contribution is 5.90. The summed E-state index contributed by atoms with van der Waals surface area (Å²) in [5.74, 6) is 0.583. The fourth-order valence-corrected chi connectivity index (χ4v) is 2.33. The van der Waals surface area contributed by atoms with Crippen molar-refractivity contribution in [2.24, 2.45) is 0 Å². The van der Waals surface area contributed by atoms with E-state index in [4.69, 9.17) is 4.52 Å². The van der Waals surface area contributed by atoms with Gasteiger partial charge in [-0.1, -0.05) is 35.0 Å². The number of nitrogens with one attached hydrogen (secondary N) is 1. The molecule has 5 nitrogen and oxygen atoms in total. The third-order valence-corrected chi connectivity index (χ3v) is 3.70. The molecule has 0 radical (unpaired) electrons. The number of anilines is 1. The lowest BCUT2D eigenvalue weighted by atomic mass is 10.1. The number of aromatic nitrogens is 2. The van der Waals surface area contributed by atoms with Gasteiger partial charge in [0.15, 0.2) is 0 Å². The highest BCUT2D eigenvalue weighted by atomic mass is 19.1. The summed E-state index contributed by atoms with van der Waals surface area (Å²) in [5, 5.41) is 6.69. The molecule has 1 N–H and O–H groups in total. The van der Waals surface area contributed by atoms with Crippen LogP contribution in [0.2, 0.25) is 0 Å². The van der Waals surface area contributed by atoms with Crippen molar-refractivity contribution >= 4 is 11.6 Å². The number of carbonyl (C=O) groups excluding carboxylic acids is 1. The van der Waals surface area contributed by atoms with E-state index in [0.29, 0.717) is 36.7 Å². The second-order valence-electron chi connectivity index (χ2n) is 5.79. The highest BCUT2D eigenvalue weighted by Gasteiger charge is 2.09. The molecule has 25 heavy (non-hydrogen) atoms. The Labute approximate surface area is 144 Å². The van der Waals surface area contributed by atoms with Crippen LogP contribution in [0.3, 0.4) is 0 Å². The van der Waals surface area contributed by atoms with Crippen molar-refractivity contribution < 1.29 is 13.7 Å². The van der Waals surface area contributed by atoms with Crippen LogP contribution >= 0.6 is 0 Å². The van der Waals surface area contributed by atoms with Gasteiger partial charge in [0.25, 0.3) is 0 Å². The van der Waals surface area contributed by atoms with E-state index in [1.54, 1.807) is 0 Å². The molecule has 0 aliphatic carbocycles. The minimum absolute atomic E-state index is 0.134. The van der Waals surface area contributed by atoms with Gasteiger partial charge in [0, 0.05) is 24.1 Å². The maximum atomic E-state index is 12.8. The third kappa shape index (κ3) is 4.73. The summed E-state index contributed by atoms with van der Waals surface area (Å²) in [4.78, 5) is 16.2. The molecule has 0 fully saturated rings. The topological polar surface area (TPSA) is 68.0 Å². The predicted octanol–water partition coefficient (Wildman–Crippen LogP) is 4.15. The first-order chi connectivity index (χ1) is 12.1. The summed E-state index contributed by atoms with van der Waals surface area (Å²) < 4.78 is 18.1. The molecule has 2 aromatic carbocycles. The second kappa shape index (κ2) is 7.70. The molecule has 0 aliphatic rings. The molecule has 0 spiro atoms. The van der Waals surface area contributed by atoms with Crippen molar-refractivity contribution in [2.45, 2.75) is 26.2 Å². The summed E-state index contributed by atoms with van der Waals surface area (Å²) >= 11 is 0. The number of amides is 1. The van der Waals surface area contributed by atoms with Crippen molar-refractivity contribution in [3.63, 3.8) is 0 Å². The van der Waals surface area contributed by atoms with Gasteiger partial charge >= 0.3 is 0 Å². The number of aryl methyl sites for hydroxylation is 2. The van der Waals surface area contributed by atoms with Crippen molar-refractivity contribution in [3.05, 3.63) is 65.8 Å². The van der Waals surface area contributed by atoms with E-state index < -0.39 is 0 Å². The molecule has 128 valence electrons. The van der Waals surface area contributed by atoms with Gasteiger partial charge in [0.2, 0.25) is 17.6 Å². The lowest BCUT2D eigenvalue weighted by molar-refractivity contribution is -0.116. The van der Waals surface area contributed by atoms with Gasteiger partial charge in [-0.2, -0.15) is 4.98 Å². The molecule has 0 bridgehead atoms. The first kappa shape index (κ1) is 16.8. The van der Waals surface area contributed by atoms with Crippen LogP contribution in [0.5, 0.6) is 0 Å². The van der Waals surface area contributed by atoms with Crippen LogP contribution < -0.4 is 5.32 Å². The Balaban J connectivity index is 1.48. The van der Waals surface area contributed by atoms with Crippen LogP contribution in [-0.4, -0.2) is 16.0 Å². The maximum absolute atomic E-state index is 12.8. The van der Waals surface area contributed by atoms with Crippen molar-refractivity contribution in [3.8, 4) is 11.4 Å². The first-order valence-electron chi connectivity index (χ1n) is 8.05. The van der Waals surface area contributed by atoms with Gasteiger partial charge in [0.05, 0.1) is 0 Å². The second-order valence-corrected chi connectivity index (χ2v) is 5.79. The Morgan fingerprint density at radius 3 is 2.56 bits per heavy atom. The minimum Gasteiger partial charge on any atom is -0.339 e. The Bertz CT molecular complexity index is 842. The number of hydrogen-bond acceptors (Lipinski definition) is 4. The van der Waals surface area contributed by atoms with Crippen LogP contribution in [0.4, 0.5) is 10.1 Å². The van der Waals surface area contributed by atoms with Crippen LogP contribution in [0.15, 0.2) is 53.1 Å². The van der Waals surface area contributed by atoms with Gasteiger partial charge in [-0.15, -0.1) is 0 Å². The molecule has 3 rings (SSSR count). The molecule has 1 aromatic heterocycles. The normalized spacial score (nSPS) is 10.6. The molecule has 3 aromatic rings. The molecule has 0 aliphatic heterocycles. The average Bonchev–Trinajstić information content (AvgIpc) is 3.06. The summed E-state index contributed by atoms with van der Waals surface area (Å²) in [6.07, 6.45) is 1.43. The molecule has 0 saturated heterocycles. The zero-order valence-corrected chi connectivity index (χ0v) is 13.8. The number of nitrogens with zero attached hydrogens (tertiary/aromatic N) is 2. The van der Waals surface area contributed by atoms with Gasteiger partial charge in [0.1, 0.15) is 5.82 Å². The monoisotopic (exact) mass is 339 g/mol. The van der Waals surface area contributed by atoms with Crippen molar-refractivity contribution in [1.29, 1.82) is 0 Å². The molecule has 6 heteroatoms. The standard InChI is InChI=1S/C19H18FN3O2/c1-13-5-7-14(8-6-13)19-22-18(25-23-19)4-2-3-17(24)21-16-11-9-15(20)10-12-16/h5-12H,2-4H2,1H3,(H,21,24). The summed E-state index contributed by atoms with van der Waals surface area (Å²) in [5.41, 5.74) is 2.64. The predicted molar refractivity (Wildman–Crippen MR) is 92.4 cm³/mol. The summed E-state index contributed by atoms with van der Waals surface area (Å²) in [6.45, 7) is 2.02. The Kier molecular flexibility index (Phi) is 5.18. The Morgan fingerprint density at radius 2 is 1.84 bits per heavy atom. The fraction of sp³-hybridized carbons (Fsp3) is 0.211. The largest absolute Gasteiger partial charge is 0.339 e. The molecule has 0 saturated carbocycles. The molecule has 0 unspecified atom stereocenters. The number of benzene rings is 2. The maximum Gasteiger partial charge on any atom is 0.226 e. The van der Waals surface area contributed by atoms with E-state index in [2.05, 4.69) is 15.5 Å². The van der Waals surface area contributed by atoms with E-state index in [1.807, 2.05) is 31.2 Å². The third-order valence-electron chi connectivity index (χ3n) is 3.70. The molecule has 1 amide bonds. The zero-order chi connectivity index (χ0) is 17.6. The Morgan fingerprint density at radius 1 is 1.12 bits per heavy atom. The van der Waals surface area contributed by atoms with Crippen molar-refractivity contribution in [1.82, 2.24) is 10.1 Å². The number of hydrogen-bond donors (Lipinski definition) is 1. The van der Waals surface area contributed by atoms with E-state index >= 15 is 0 Å². The lowest BCUT2D eigenvalue weighted by Gasteiger charge is -2.04.